The monoisotopic (exact) mass is 364 g/mol. The largest absolute Gasteiger partial charge is 0.494 e. The Bertz CT molecular complexity index is 934. The van der Waals surface area contributed by atoms with Gasteiger partial charge in [-0.3, -0.25) is 20.4 Å². The Labute approximate surface area is 156 Å². The van der Waals surface area contributed by atoms with Crippen molar-refractivity contribution in [2.24, 2.45) is 0 Å². The predicted octanol–water partition coefficient (Wildman–Crippen LogP) is 2.65. The number of amides is 2. The van der Waals surface area contributed by atoms with Crippen LogP contribution in [0.15, 0.2) is 60.8 Å². The molecular formula is C20H20N4O3. The smallest absolute Gasteiger partial charge is 0.273 e. The second-order valence-electron chi connectivity index (χ2n) is 5.76. The SMILES string of the molecule is CCOc1ccc(C(=O)NNC(=O)c2cnn(-c3ccccc3)c2C)cc1. The van der Waals surface area contributed by atoms with Crippen molar-refractivity contribution in [1.29, 1.82) is 0 Å². The molecule has 0 aliphatic heterocycles. The molecule has 7 heteroatoms. The number of benzene rings is 2. The Morgan fingerprint density at radius 2 is 1.67 bits per heavy atom. The van der Waals surface area contributed by atoms with Crippen molar-refractivity contribution in [2.75, 3.05) is 6.61 Å². The molecule has 138 valence electrons. The van der Waals surface area contributed by atoms with Crippen LogP contribution in [0.5, 0.6) is 5.75 Å². The van der Waals surface area contributed by atoms with Gasteiger partial charge in [0.25, 0.3) is 11.8 Å². The molecule has 3 rings (SSSR count). The molecular weight excluding hydrogens is 344 g/mol. The lowest BCUT2D eigenvalue weighted by atomic mass is 10.2. The first-order valence-corrected chi connectivity index (χ1v) is 8.53. The average molecular weight is 364 g/mol. The maximum atomic E-state index is 12.4. The van der Waals surface area contributed by atoms with Crippen molar-refractivity contribution in [3.8, 4) is 11.4 Å². The highest BCUT2D eigenvalue weighted by Gasteiger charge is 2.16. The first-order valence-electron chi connectivity index (χ1n) is 8.53. The maximum absolute atomic E-state index is 12.4. The Balaban J connectivity index is 1.64. The van der Waals surface area contributed by atoms with Crippen molar-refractivity contribution in [1.82, 2.24) is 20.6 Å². The molecule has 0 saturated carbocycles. The molecule has 27 heavy (non-hydrogen) atoms. The number of rotatable bonds is 5. The van der Waals surface area contributed by atoms with Crippen molar-refractivity contribution >= 4 is 11.8 Å². The molecule has 7 nitrogen and oxygen atoms in total. The summed E-state index contributed by atoms with van der Waals surface area (Å²) in [7, 11) is 0. The van der Waals surface area contributed by atoms with E-state index in [0.717, 1.165) is 5.69 Å². The molecule has 0 unspecified atom stereocenters. The van der Waals surface area contributed by atoms with E-state index in [1.165, 1.54) is 6.20 Å². The van der Waals surface area contributed by atoms with Crippen LogP contribution in [0, 0.1) is 6.92 Å². The number of para-hydroxylation sites is 1. The van der Waals surface area contributed by atoms with Crippen LogP contribution in [0.4, 0.5) is 0 Å². The highest BCUT2D eigenvalue weighted by molar-refractivity contribution is 5.99. The van der Waals surface area contributed by atoms with Crippen molar-refractivity contribution in [3.05, 3.63) is 77.6 Å². The molecule has 3 aromatic rings. The zero-order chi connectivity index (χ0) is 19.2. The van der Waals surface area contributed by atoms with Crippen LogP contribution in [0.2, 0.25) is 0 Å². The molecule has 0 fully saturated rings. The third-order valence-electron chi connectivity index (χ3n) is 3.97. The van der Waals surface area contributed by atoms with Gasteiger partial charge in [0.1, 0.15) is 5.75 Å². The minimum atomic E-state index is -0.436. The van der Waals surface area contributed by atoms with Crippen LogP contribution in [-0.2, 0) is 0 Å². The van der Waals surface area contributed by atoms with Gasteiger partial charge < -0.3 is 4.74 Å². The van der Waals surface area contributed by atoms with E-state index in [1.807, 2.05) is 37.3 Å². The lowest BCUT2D eigenvalue weighted by Gasteiger charge is -2.09. The fourth-order valence-electron chi connectivity index (χ4n) is 2.58. The van der Waals surface area contributed by atoms with Crippen LogP contribution >= 0.6 is 0 Å². The number of nitrogens with zero attached hydrogens (tertiary/aromatic N) is 2. The third-order valence-corrected chi connectivity index (χ3v) is 3.97. The standard InChI is InChI=1S/C20H20N4O3/c1-3-27-17-11-9-15(10-12-17)19(25)22-23-20(26)18-13-21-24(14(18)2)16-7-5-4-6-8-16/h4-13H,3H2,1-2H3,(H,22,25)(H,23,26). The molecule has 0 saturated heterocycles. The van der Waals surface area contributed by atoms with Gasteiger partial charge in [-0.05, 0) is 50.2 Å². The van der Waals surface area contributed by atoms with E-state index in [1.54, 1.807) is 35.9 Å². The Kier molecular flexibility index (Phi) is 5.51. The molecule has 0 aliphatic rings. The molecule has 0 bridgehead atoms. The van der Waals surface area contributed by atoms with E-state index in [2.05, 4.69) is 16.0 Å². The van der Waals surface area contributed by atoms with Gasteiger partial charge in [-0.15, -0.1) is 0 Å². The van der Waals surface area contributed by atoms with Crippen LogP contribution in [0.1, 0.15) is 33.3 Å². The molecule has 2 aromatic carbocycles. The minimum Gasteiger partial charge on any atom is -0.494 e. The van der Waals surface area contributed by atoms with Gasteiger partial charge in [0.05, 0.1) is 29.7 Å². The number of hydrogen-bond donors (Lipinski definition) is 2. The highest BCUT2D eigenvalue weighted by atomic mass is 16.5. The topological polar surface area (TPSA) is 85.2 Å². The van der Waals surface area contributed by atoms with Gasteiger partial charge in [0, 0.05) is 5.56 Å². The average Bonchev–Trinajstić information content (AvgIpc) is 3.09. The van der Waals surface area contributed by atoms with E-state index >= 15 is 0 Å². The summed E-state index contributed by atoms with van der Waals surface area (Å²) < 4.78 is 7.01. The first-order chi connectivity index (χ1) is 13.1. The van der Waals surface area contributed by atoms with Crippen molar-refractivity contribution in [2.45, 2.75) is 13.8 Å². The summed E-state index contributed by atoms with van der Waals surface area (Å²) in [5.41, 5.74) is 7.15. The predicted molar refractivity (Wildman–Crippen MR) is 101 cm³/mol. The van der Waals surface area contributed by atoms with E-state index in [9.17, 15) is 9.59 Å². The Morgan fingerprint density at radius 1 is 1.00 bits per heavy atom. The molecule has 0 aliphatic carbocycles. The number of aromatic nitrogens is 2. The van der Waals surface area contributed by atoms with Gasteiger partial charge in [-0.1, -0.05) is 18.2 Å². The number of nitrogens with one attached hydrogen (secondary N) is 2. The summed E-state index contributed by atoms with van der Waals surface area (Å²) in [6.07, 6.45) is 1.47. The first kappa shape index (κ1) is 18.2. The van der Waals surface area contributed by atoms with Gasteiger partial charge in [0.15, 0.2) is 0 Å². The van der Waals surface area contributed by atoms with E-state index in [4.69, 9.17) is 4.74 Å². The number of carbonyl (C=O) groups is 2. The number of carbonyl (C=O) groups excluding carboxylic acids is 2. The van der Waals surface area contributed by atoms with Crippen LogP contribution < -0.4 is 15.6 Å². The zero-order valence-electron chi connectivity index (χ0n) is 15.1. The number of hydrazine groups is 1. The molecule has 1 heterocycles. The van der Waals surface area contributed by atoms with E-state index in [-0.39, 0.29) is 0 Å². The molecule has 2 amide bonds. The Morgan fingerprint density at radius 3 is 2.33 bits per heavy atom. The summed E-state index contributed by atoms with van der Waals surface area (Å²) >= 11 is 0. The van der Waals surface area contributed by atoms with Crippen LogP contribution in [0.3, 0.4) is 0 Å². The van der Waals surface area contributed by atoms with Crippen molar-refractivity contribution in [3.63, 3.8) is 0 Å². The zero-order valence-corrected chi connectivity index (χ0v) is 15.1. The summed E-state index contributed by atoms with van der Waals surface area (Å²) in [6, 6.07) is 16.2. The summed E-state index contributed by atoms with van der Waals surface area (Å²) in [4.78, 5) is 24.6. The molecule has 2 N–H and O–H groups in total. The van der Waals surface area contributed by atoms with Gasteiger partial charge >= 0.3 is 0 Å². The van der Waals surface area contributed by atoms with Crippen molar-refractivity contribution < 1.29 is 14.3 Å². The fourth-order valence-corrected chi connectivity index (χ4v) is 2.58. The van der Waals surface area contributed by atoms with E-state index in [0.29, 0.717) is 29.2 Å². The van der Waals surface area contributed by atoms with Gasteiger partial charge in [-0.25, -0.2) is 4.68 Å². The highest BCUT2D eigenvalue weighted by Crippen LogP contribution is 2.14. The Hall–Kier alpha value is -3.61. The molecule has 0 spiro atoms. The fraction of sp³-hybridized carbons (Fsp3) is 0.150. The number of hydrogen-bond acceptors (Lipinski definition) is 4. The second kappa shape index (κ2) is 8.18. The normalized spacial score (nSPS) is 10.3. The molecule has 0 atom stereocenters. The van der Waals surface area contributed by atoms with E-state index < -0.39 is 11.8 Å². The van der Waals surface area contributed by atoms with Gasteiger partial charge in [0.2, 0.25) is 0 Å². The van der Waals surface area contributed by atoms with Crippen LogP contribution in [-0.4, -0.2) is 28.2 Å². The molecule has 0 radical (unpaired) electrons. The lowest BCUT2D eigenvalue weighted by molar-refractivity contribution is 0.0846. The van der Waals surface area contributed by atoms with Gasteiger partial charge in [-0.2, -0.15) is 5.10 Å². The third kappa shape index (κ3) is 4.14. The quantitative estimate of drug-likeness (QED) is 0.682. The minimum absolute atomic E-state index is 0.380. The summed E-state index contributed by atoms with van der Waals surface area (Å²) in [5.74, 6) is -0.171. The second-order valence-corrected chi connectivity index (χ2v) is 5.76. The summed E-state index contributed by atoms with van der Waals surface area (Å²) in [5, 5.41) is 4.25. The number of ether oxygens (including phenoxy) is 1. The summed E-state index contributed by atoms with van der Waals surface area (Å²) in [6.45, 7) is 4.23. The van der Waals surface area contributed by atoms with Crippen LogP contribution in [0.25, 0.3) is 5.69 Å². The molecule has 1 aromatic heterocycles. The lowest BCUT2D eigenvalue weighted by Crippen LogP contribution is -2.41. The maximum Gasteiger partial charge on any atom is 0.273 e.